The lowest BCUT2D eigenvalue weighted by Gasteiger charge is -2.40. The van der Waals surface area contributed by atoms with Gasteiger partial charge in [-0.2, -0.15) is 0 Å². The van der Waals surface area contributed by atoms with Gasteiger partial charge in [0.1, 0.15) is 5.01 Å². The summed E-state index contributed by atoms with van der Waals surface area (Å²) in [5.74, 6) is 0.517. The zero-order chi connectivity index (χ0) is 10.7. The highest BCUT2D eigenvalue weighted by Gasteiger charge is 2.38. The summed E-state index contributed by atoms with van der Waals surface area (Å²) in [4.78, 5) is 2.91. The number of hydrogen-bond acceptors (Lipinski definition) is 2. The number of azide groups is 1. The van der Waals surface area contributed by atoms with Gasteiger partial charge in [0, 0.05) is 16.9 Å². The van der Waals surface area contributed by atoms with Gasteiger partial charge in [0.25, 0.3) is 0 Å². The molecule has 5 atom stereocenters. The Morgan fingerprint density at radius 2 is 2.07 bits per heavy atom. The van der Waals surface area contributed by atoms with Crippen LogP contribution in [-0.4, -0.2) is 17.2 Å². The smallest absolute Gasteiger partial charge is 0.115 e. The topological polar surface area (TPSA) is 58.0 Å². The van der Waals surface area contributed by atoms with Crippen LogP contribution in [0.3, 0.4) is 0 Å². The summed E-state index contributed by atoms with van der Waals surface area (Å²) < 4.78 is 5.77. The van der Waals surface area contributed by atoms with Crippen molar-refractivity contribution in [2.24, 2.45) is 17.0 Å². The molecule has 0 aliphatic carbocycles. The molecule has 0 bridgehead atoms. The van der Waals surface area contributed by atoms with Gasteiger partial charge in [-0.1, -0.05) is 41.8 Å². The molecule has 0 spiro atoms. The van der Waals surface area contributed by atoms with Crippen LogP contribution in [0.2, 0.25) is 0 Å². The lowest BCUT2D eigenvalue weighted by molar-refractivity contribution is -0.0733. The minimum atomic E-state index is -0.000787. The van der Waals surface area contributed by atoms with Crippen molar-refractivity contribution in [3.63, 3.8) is 0 Å². The maximum Gasteiger partial charge on any atom is 0.115 e. The average molecular weight is 262 g/mol. The number of rotatable bonds is 2. The SMILES string of the molecule is CCC1O[C@H](Br)C(C)[C@@H](N=[N+]=[N-])[C@@H]1C. The standard InChI is InChI=1S/C9H16BrN3O/c1-4-7-5(2)8(12-13-11)6(3)9(10)14-7/h5-9H,4H2,1-3H3/t5-,6?,7?,8+,9+/m1/s1. The van der Waals surface area contributed by atoms with Crippen molar-refractivity contribution >= 4 is 15.9 Å². The summed E-state index contributed by atoms with van der Waals surface area (Å²) in [7, 11) is 0. The van der Waals surface area contributed by atoms with E-state index in [4.69, 9.17) is 10.3 Å². The van der Waals surface area contributed by atoms with Gasteiger partial charge in [-0.05, 0) is 17.9 Å². The van der Waals surface area contributed by atoms with E-state index < -0.39 is 0 Å². The first kappa shape index (κ1) is 11.8. The van der Waals surface area contributed by atoms with Crippen LogP contribution in [0.5, 0.6) is 0 Å². The van der Waals surface area contributed by atoms with Gasteiger partial charge in [0.05, 0.1) is 6.10 Å². The van der Waals surface area contributed by atoms with Gasteiger partial charge in [-0.3, -0.25) is 0 Å². The van der Waals surface area contributed by atoms with Crippen LogP contribution in [0.4, 0.5) is 0 Å². The molecule has 1 fully saturated rings. The summed E-state index contributed by atoms with van der Waals surface area (Å²) >= 11 is 3.47. The minimum absolute atomic E-state index is 0.000787. The maximum atomic E-state index is 8.50. The fourth-order valence-corrected chi connectivity index (χ4v) is 2.60. The average Bonchev–Trinajstić information content (AvgIpc) is 2.18. The van der Waals surface area contributed by atoms with E-state index in [1.54, 1.807) is 0 Å². The first-order valence-electron chi connectivity index (χ1n) is 4.95. The first-order chi connectivity index (χ1) is 6.61. The molecule has 1 saturated heterocycles. The molecule has 5 heteroatoms. The third-order valence-electron chi connectivity index (χ3n) is 2.97. The molecule has 0 saturated carbocycles. The van der Waals surface area contributed by atoms with E-state index in [1.807, 2.05) is 6.92 Å². The summed E-state index contributed by atoms with van der Waals surface area (Å²) in [6, 6.07) is 0.0306. The Balaban J connectivity index is 2.82. The van der Waals surface area contributed by atoms with Gasteiger partial charge in [0.15, 0.2) is 0 Å². The van der Waals surface area contributed by atoms with Crippen molar-refractivity contribution in [1.29, 1.82) is 0 Å². The van der Waals surface area contributed by atoms with Crippen molar-refractivity contribution < 1.29 is 4.74 Å². The van der Waals surface area contributed by atoms with E-state index in [1.165, 1.54) is 0 Å². The number of nitrogens with zero attached hydrogens (tertiary/aromatic N) is 3. The molecule has 4 nitrogen and oxygen atoms in total. The third kappa shape index (κ3) is 2.22. The van der Waals surface area contributed by atoms with Crippen LogP contribution >= 0.6 is 15.9 Å². The molecule has 80 valence electrons. The zero-order valence-electron chi connectivity index (χ0n) is 8.72. The largest absolute Gasteiger partial charge is 0.363 e. The summed E-state index contributed by atoms with van der Waals surface area (Å²) in [6.45, 7) is 6.22. The highest BCUT2D eigenvalue weighted by Crippen LogP contribution is 2.36. The molecule has 0 aromatic heterocycles. The quantitative estimate of drug-likeness (QED) is 0.325. The van der Waals surface area contributed by atoms with Crippen LogP contribution in [0.1, 0.15) is 27.2 Å². The van der Waals surface area contributed by atoms with E-state index in [9.17, 15) is 0 Å². The summed E-state index contributed by atoms with van der Waals surface area (Å²) in [5.41, 5.74) is 8.50. The molecule has 1 aliphatic heterocycles. The number of ether oxygens (including phenoxy) is 1. The van der Waals surface area contributed by atoms with Crippen molar-refractivity contribution in [3.8, 4) is 0 Å². The second-order valence-electron chi connectivity index (χ2n) is 3.85. The Labute approximate surface area is 92.8 Å². The zero-order valence-corrected chi connectivity index (χ0v) is 10.3. The van der Waals surface area contributed by atoms with Crippen molar-refractivity contribution in [3.05, 3.63) is 10.4 Å². The molecule has 0 aromatic carbocycles. The van der Waals surface area contributed by atoms with Gasteiger partial charge < -0.3 is 4.74 Å². The van der Waals surface area contributed by atoms with Gasteiger partial charge >= 0.3 is 0 Å². The van der Waals surface area contributed by atoms with Crippen LogP contribution in [0.15, 0.2) is 5.11 Å². The summed E-state index contributed by atoms with van der Waals surface area (Å²) in [6.07, 6.45) is 1.14. The Morgan fingerprint density at radius 3 is 2.57 bits per heavy atom. The van der Waals surface area contributed by atoms with Crippen LogP contribution in [0.25, 0.3) is 10.4 Å². The Morgan fingerprint density at radius 1 is 1.43 bits per heavy atom. The second-order valence-corrected chi connectivity index (χ2v) is 4.75. The normalized spacial score (nSPS) is 43.0. The molecule has 1 rings (SSSR count). The molecule has 1 aliphatic rings. The number of hydrogen-bond donors (Lipinski definition) is 0. The van der Waals surface area contributed by atoms with Gasteiger partial charge in [0.2, 0.25) is 0 Å². The van der Waals surface area contributed by atoms with Crippen LogP contribution < -0.4 is 0 Å². The Hall–Kier alpha value is -0.250. The van der Waals surface area contributed by atoms with E-state index in [-0.39, 0.29) is 23.1 Å². The fraction of sp³-hybridized carbons (Fsp3) is 1.00. The monoisotopic (exact) mass is 261 g/mol. The molecule has 1 heterocycles. The van der Waals surface area contributed by atoms with Gasteiger partial charge in [-0.15, -0.1) is 0 Å². The molecule has 0 aromatic rings. The van der Waals surface area contributed by atoms with Crippen molar-refractivity contribution in [1.82, 2.24) is 0 Å². The summed E-state index contributed by atoms with van der Waals surface area (Å²) in [5, 5.41) is 3.86. The highest BCUT2D eigenvalue weighted by molar-refractivity contribution is 9.09. The molecule has 2 unspecified atom stereocenters. The minimum Gasteiger partial charge on any atom is -0.363 e. The van der Waals surface area contributed by atoms with E-state index >= 15 is 0 Å². The van der Waals surface area contributed by atoms with E-state index in [2.05, 4.69) is 39.8 Å². The lowest BCUT2D eigenvalue weighted by atomic mass is 9.84. The van der Waals surface area contributed by atoms with Crippen molar-refractivity contribution in [2.45, 2.75) is 44.4 Å². The van der Waals surface area contributed by atoms with Crippen LogP contribution in [-0.2, 0) is 4.74 Å². The first-order valence-corrected chi connectivity index (χ1v) is 5.87. The van der Waals surface area contributed by atoms with Gasteiger partial charge in [-0.25, -0.2) is 0 Å². The molecule has 0 N–H and O–H groups in total. The van der Waals surface area contributed by atoms with E-state index in [0.717, 1.165) is 6.42 Å². The molecular weight excluding hydrogens is 246 g/mol. The molecular formula is C9H16BrN3O. The molecule has 0 radical (unpaired) electrons. The second kappa shape index (κ2) is 5.01. The highest BCUT2D eigenvalue weighted by atomic mass is 79.9. The van der Waals surface area contributed by atoms with Crippen molar-refractivity contribution in [2.75, 3.05) is 0 Å². The van der Waals surface area contributed by atoms with Crippen LogP contribution in [0, 0.1) is 11.8 Å². The Kier molecular flexibility index (Phi) is 4.23. The number of alkyl halides is 1. The van der Waals surface area contributed by atoms with E-state index in [0.29, 0.717) is 5.92 Å². The molecule has 14 heavy (non-hydrogen) atoms. The third-order valence-corrected chi connectivity index (χ3v) is 4.02. The lowest BCUT2D eigenvalue weighted by Crippen LogP contribution is -2.45. The predicted molar refractivity (Wildman–Crippen MR) is 59.1 cm³/mol. The number of halogens is 1. The molecule has 0 amide bonds. The maximum absolute atomic E-state index is 8.50. The predicted octanol–water partition coefficient (Wildman–Crippen LogP) is 3.47. The fourth-order valence-electron chi connectivity index (χ4n) is 2.01. The Bertz CT molecular complexity index is 242.